The second kappa shape index (κ2) is 7.17. The van der Waals surface area contributed by atoms with E-state index < -0.39 is 5.63 Å². The Balaban J connectivity index is 1.63. The molecule has 0 aliphatic carbocycles. The van der Waals surface area contributed by atoms with Crippen molar-refractivity contribution in [3.05, 3.63) is 80.7 Å². The van der Waals surface area contributed by atoms with E-state index in [4.69, 9.17) is 13.6 Å². The first-order chi connectivity index (χ1) is 13.8. The summed E-state index contributed by atoms with van der Waals surface area (Å²) in [7, 11) is 0. The van der Waals surface area contributed by atoms with Gasteiger partial charge in [-0.15, -0.1) is 0 Å². The van der Waals surface area contributed by atoms with E-state index in [9.17, 15) is 9.90 Å². The molecule has 0 saturated heterocycles. The van der Waals surface area contributed by atoms with Gasteiger partial charge < -0.3 is 18.7 Å². The Morgan fingerprint density at radius 2 is 1.69 bits per heavy atom. The van der Waals surface area contributed by atoms with Crippen molar-refractivity contribution in [1.82, 2.24) is 0 Å². The highest BCUT2D eigenvalue weighted by molar-refractivity contribution is 5.83. The van der Waals surface area contributed by atoms with Crippen LogP contribution in [-0.4, -0.2) is 5.11 Å². The summed E-state index contributed by atoms with van der Waals surface area (Å²) >= 11 is 0. The molecular formula is C24H22O5. The van der Waals surface area contributed by atoms with Gasteiger partial charge >= 0.3 is 5.63 Å². The minimum absolute atomic E-state index is 0.0749. The molecule has 148 valence electrons. The summed E-state index contributed by atoms with van der Waals surface area (Å²) < 4.78 is 17.2. The minimum Gasteiger partial charge on any atom is -0.507 e. The Hall–Kier alpha value is -3.47. The monoisotopic (exact) mass is 390 g/mol. The molecule has 2 heterocycles. The quantitative estimate of drug-likeness (QED) is 0.493. The summed E-state index contributed by atoms with van der Waals surface area (Å²) in [6.07, 6.45) is 0. The van der Waals surface area contributed by atoms with Crippen molar-refractivity contribution in [2.75, 3.05) is 0 Å². The maximum atomic E-state index is 11.9. The van der Waals surface area contributed by atoms with Crippen molar-refractivity contribution >= 4 is 11.0 Å². The molecule has 0 aliphatic rings. The van der Waals surface area contributed by atoms with Gasteiger partial charge in [0.2, 0.25) is 0 Å². The third-order valence-electron chi connectivity index (χ3n) is 5.24. The van der Waals surface area contributed by atoms with Gasteiger partial charge in [-0.25, -0.2) is 4.79 Å². The first-order valence-corrected chi connectivity index (χ1v) is 9.39. The summed E-state index contributed by atoms with van der Waals surface area (Å²) in [5.41, 5.74) is 4.26. The minimum atomic E-state index is -0.582. The van der Waals surface area contributed by atoms with Crippen molar-refractivity contribution < 1.29 is 18.7 Å². The predicted molar refractivity (Wildman–Crippen MR) is 112 cm³/mol. The summed E-state index contributed by atoms with van der Waals surface area (Å²) in [5.74, 6) is 1.22. The molecule has 0 amide bonds. The lowest BCUT2D eigenvalue weighted by Gasteiger charge is -2.08. The average Bonchev–Trinajstić information content (AvgIpc) is 3.13. The van der Waals surface area contributed by atoms with E-state index in [0.29, 0.717) is 29.3 Å². The molecule has 29 heavy (non-hydrogen) atoms. The number of fused-ring (bicyclic) bond motifs is 1. The fourth-order valence-corrected chi connectivity index (χ4v) is 3.24. The lowest BCUT2D eigenvalue weighted by molar-refractivity contribution is 0.306. The highest BCUT2D eigenvalue weighted by Gasteiger charge is 2.18. The van der Waals surface area contributed by atoms with Crippen LogP contribution in [0.3, 0.4) is 0 Å². The smallest absolute Gasteiger partial charge is 0.343 e. The summed E-state index contributed by atoms with van der Waals surface area (Å²) in [4.78, 5) is 11.9. The molecule has 2 aromatic carbocycles. The Labute approximate surface area is 168 Å². The number of hydrogen-bond acceptors (Lipinski definition) is 5. The zero-order valence-electron chi connectivity index (χ0n) is 16.8. The van der Waals surface area contributed by atoms with Gasteiger partial charge in [0.05, 0.1) is 5.56 Å². The molecule has 5 heteroatoms. The molecule has 0 saturated carbocycles. The maximum absolute atomic E-state index is 11.9. The molecule has 4 aromatic rings. The van der Waals surface area contributed by atoms with Crippen LogP contribution in [-0.2, 0) is 6.61 Å². The van der Waals surface area contributed by atoms with Gasteiger partial charge in [0.25, 0.3) is 0 Å². The molecule has 0 fully saturated rings. The third kappa shape index (κ3) is 3.51. The van der Waals surface area contributed by atoms with Crippen LogP contribution in [0.1, 0.15) is 27.8 Å². The van der Waals surface area contributed by atoms with E-state index in [1.807, 2.05) is 12.1 Å². The topological polar surface area (TPSA) is 72.8 Å². The van der Waals surface area contributed by atoms with Crippen LogP contribution in [0.4, 0.5) is 0 Å². The predicted octanol–water partition coefficient (Wildman–Crippen LogP) is 5.57. The van der Waals surface area contributed by atoms with E-state index in [-0.39, 0.29) is 17.1 Å². The van der Waals surface area contributed by atoms with Crippen LogP contribution in [0, 0.1) is 27.7 Å². The highest BCUT2D eigenvalue weighted by atomic mass is 16.5. The molecule has 1 N–H and O–H groups in total. The highest BCUT2D eigenvalue weighted by Crippen LogP contribution is 2.34. The second-order valence-corrected chi connectivity index (χ2v) is 7.33. The Bertz CT molecular complexity index is 1280. The molecule has 5 nitrogen and oxygen atoms in total. The SMILES string of the molecule is Cc1ccc(COc2ccc3cc(-c4oc(=O)c(C)c(O)c4C)oc3c2)cc1C. The Kier molecular flexibility index (Phi) is 4.66. The van der Waals surface area contributed by atoms with Crippen LogP contribution in [0.2, 0.25) is 0 Å². The van der Waals surface area contributed by atoms with Crippen LogP contribution >= 0.6 is 0 Å². The summed E-state index contributed by atoms with van der Waals surface area (Å²) in [5, 5.41) is 11.0. The normalized spacial score (nSPS) is 11.2. The van der Waals surface area contributed by atoms with Gasteiger partial charge in [-0.3, -0.25) is 0 Å². The number of hydrogen-bond donors (Lipinski definition) is 1. The third-order valence-corrected chi connectivity index (χ3v) is 5.24. The van der Waals surface area contributed by atoms with Gasteiger partial charge in [0, 0.05) is 17.0 Å². The van der Waals surface area contributed by atoms with Gasteiger partial charge in [0.1, 0.15) is 23.7 Å². The zero-order valence-corrected chi connectivity index (χ0v) is 16.8. The number of furan rings is 1. The zero-order chi connectivity index (χ0) is 20.7. The summed E-state index contributed by atoms with van der Waals surface area (Å²) in [6.45, 7) is 7.83. The lowest BCUT2D eigenvalue weighted by atomic mass is 10.1. The van der Waals surface area contributed by atoms with Crippen LogP contribution < -0.4 is 10.4 Å². The fraction of sp³-hybridized carbons (Fsp3) is 0.208. The van der Waals surface area contributed by atoms with Gasteiger partial charge in [-0.2, -0.15) is 0 Å². The molecule has 0 bridgehead atoms. The number of rotatable bonds is 4. The molecule has 0 radical (unpaired) electrons. The van der Waals surface area contributed by atoms with Gasteiger partial charge in [-0.1, -0.05) is 18.2 Å². The average molecular weight is 390 g/mol. The maximum Gasteiger partial charge on any atom is 0.343 e. The Morgan fingerprint density at radius 1 is 0.897 bits per heavy atom. The lowest BCUT2D eigenvalue weighted by Crippen LogP contribution is -2.05. The molecule has 2 aromatic heterocycles. The van der Waals surface area contributed by atoms with E-state index in [2.05, 4.69) is 32.0 Å². The van der Waals surface area contributed by atoms with E-state index in [0.717, 1.165) is 10.9 Å². The standard InChI is InChI=1S/C24H22O5/c1-13-5-6-17(9-14(13)2)12-27-19-8-7-18-10-21(28-20(18)11-19)23-15(3)22(25)16(4)24(26)29-23/h5-11,25H,12H2,1-4H3. The molecule has 0 aliphatic heterocycles. The number of aryl methyl sites for hydroxylation is 2. The van der Waals surface area contributed by atoms with Crippen molar-refractivity contribution in [2.24, 2.45) is 0 Å². The Morgan fingerprint density at radius 3 is 2.45 bits per heavy atom. The van der Waals surface area contributed by atoms with Gasteiger partial charge in [0.15, 0.2) is 11.5 Å². The van der Waals surface area contributed by atoms with E-state index in [1.165, 1.54) is 18.1 Å². The molecular weight excluding hydrogens is 368 g/mol. The molecule has 0 unspecified atom stereocenters. The summed E-state index contributed by atoms with van der Waals surface area (Å²) in [6, 6.07) is 13.6. The van der Waals surface area contributed by atoms with Gasteiger partial charge in [-0.05, 0) is 62.6 Å². The number of aromatic hydroxyl groups is 1. The fourth-order valence-electron chi connectivity index (χ4n) is 3.24. The van der Waals surface area contributed by atoms with E-state index >= 15 is 0 Å². The number of benzene rings is 2. The van der Waals surface area contributed by atoms with Crippen molar-refractivity contribution in [3.8, 4) is 23.0 Å². The first kappa shape index (κ1) is 18.9. The van der Waals surface area contributed by atoms with Crippen molar-refractivity contribution in [1.29, 1.82) is 0 Å². The van der Waals surface area contributed by atoms with Crippen LogP contribution in [0.15, 0.2) is 56.1 Å². The molecule has 0 atom stereocenters. The van der Waals surface area contributed by atoms with Crippen LogP contribution in [0.5, 0.6) is 11.5 Å². The molecule has 0 spiro atoms. The molecule has 4 rings (SSSR count). The number of ether oxygens (including phenoxy) is 1. The first-order valence-electron chi connectivity index (χ1n) is 9.39. The van der Waals surface area contributed by atoms with Crippen molar-refractivity contribution in [3.63, 3.8) is 0 Å². The van der Waals surface area contributed by atoms with E-state index in [1.54, 1.807) is 19.1 Å². The van der Waals surface area contributed by atoms with Crippen LogP contribution in [0.25, 0.3) is 22.5 Å². The van der Waals surface area contributed by atoms with Crippen molar-refractivity contribution in [2.45, 2.75) is 34.3 Å². The second-order valence-electron chi connectivity index (χ2n) is 7.33. The largest absolute Gasteiger partial charge is 0.507 e.